The fraction of sp³-hybridized carbons (Fsp3) is 0.438. The number of anilines is 1. The van der Waals surface area contributed by atoms with E-state index in [0.29, 0.717) is 0 Å². The zero-order chi connectivity index (χ0) is 14.2. The normalized spacial score (nSPS) is 10.3. The van der Waals surface area contributed by atoms with E-state index < -0.39 is 0 Å². The number of rotatable bonds is 3. The minimum atomic E-state index is 0. The largest absolute Gasteiger partial charge is 0.361 e. The number of aryl methyl sites for hydroxylation is 1. The molecule has 0 radical (unpaired) electrons. The van der Waals surface area contributed by atoms with E-state index in [9.17, 15) is 0 Å². The number of allylic oxidation sites excluding steroid dienone is 2. The summed E-state index contributed by atoms with van der Waals surface area (Å²) in [5.74, 6) is 1.04. The number of aromatic nitrogens is 2. The molecule has 0 atom stereocenters. The van der Waals surface area contributed by atoms with Crippen LogP contribution in [0.1, 0.15) is 25.1 Å². The average molecular weight is 294 g/mol. The Balaban J connectivity index is 0.00000200. The van der Waals surface area contributed by atoms with Crippen LogP contribution in [0.5, 0.6) is 0 Å². The Labute approximate surface area is 127 Å². The van der Waals surface area contributed by atoms with Crippen molar-refractivity contribution in [3.05, 3.63) is 35.2 Å². The van der Waals surface area contributed by atoms with Crippen molar-refractivity contribution in [2.45, 2.75) is 34.2 Å². The standard InChI is InChI=1S/C16H23N3.ClH/c1-11(2)8-10-19-13(4)12(3)14-7-9-17-16(15(14)19)18(5)6;/h7-9H,10H2,1-6H3;1H. The summed E-state index contributed by atoms with van der Waals surface area (Å²) in [6, 6.07) is 2.11. The van der Waals surface area contributed by atoms with Crippen molar-refractivity contribution in [1.82, 2.24) is 9.55 Å². The van der Waals surface area contributed by atoms with Crippen LogP contribution in [0.4, 0.5) is 5.82 Å². The molecule has 0 saturated heterocycles. The third-order valence-corrected chi connectivity index (χ3v) is 3.63. The fourth-order valence-electron chi connectivity index (χ4n) is 2.41. The molecular weight excluding hydrogens is 270 g/mol. The van der Waals surface area contributed by atoms with Crippen molar-refractivity contribution in [3.63, 3.8) is 0 Å². The Bertz CT molecular complexity index is 635. The SMILES string of the molecule is CC(C)=CCn1c(C)c(C)c2ccnc(N(C)C)c21.Cl. The van der Waals surface area contributed by atoms with Gasteiger partial charge in [-0.25, -0.2) is 4.98 Å². The van der Waals surface area contributed by atoms with Gasteiger partial charge in [0, 0.05) is 37.9 Å². The lowest BCUT2D eigenvalue weighted by molar-refractivity contribution is 0.813. The van der Waals surface area contributed by atoms with Crippen molar-refractivity contribution in [2.24, 2.45) is 0 Å². The Morgan fingerprint density at radius 3 is 2.50 bits per heavy atom. The van der Waals surface area contributed by atoms with E-state index in [4.69, 9.17) is 0 Å². The van der Waals surface area contributed by atoms with Gasteiger partial charge in [0.2, 0.25) is 0 Å². The molecule has 0 aliphatic rings. The van der Waals surface area contributed by atoms with E-state index in [2.05, 4.69) is 54.3 Å². The topological polar surface area (TPSA) is 21.1 Å². The maximum Gasteiger partial charge on any atom is 0.152 e. The smallest absolute Gasteiger partial charge is 0.152 e. The van der Waals surface area contributed by atoms with Crippen LogP contribution in [-0.4, -0.2) is 23.6 Å². The van der Waals surface area contributed by atoms with Gasteiger partial charge < -0.3 is 9.47 Å². The van der Waals surface area contributed by atoms with Crippen LogP contribution in [0.3, 0.4) is 0 Å². The van der Waals surface area contributed by atoms with Crippen LogP contribution < -0.4 is 4.90 Å². The predicted octanol–water partition coefficient (Wildman–Crippen LogP) is 4.11. The van der Waals surface area contributed by atoms with E-state index in [1.54, 1.807) is 0 Å². The monoisotopic (exact) mass is 293 g/mol. The lowest BCUT2D eigenvalue weighted by atomic mass is 10.2. The van der Waals surface area contributed by atoms with E-state index in [0.717, 1.165) is 12.4 Å². The van der Waals surface area contributed by atoms with Gasteiger partial charge >= 0.3 is 0 Å². The summed E-state index contributed by atoms with van der Waals surface area (Å²) in [4.78, 5) is 6.62. The van der Waals surface area contributed by atoms with Gasteiger partial charge in [0.1, 0.15) is 0 Å². The zero-order valence-corrected chi connectivity index (χ0v) is 14.0. The summed E-state index contributed by atoms with van der Waals surface area (Å²) in [5, 5.41) is 1.30. The Morgan fingerprint density at radius 2 is 1.95 bits per heavy atom. The highest BCUT2D eigenvalue weighted by molar-refractivity contribution is 5.93. The minimum Gasteiger partial charge on any atom is -0.361 e. The van der Waals surface area contributed by atoms with Crippen LogP contribution in [0.2, 0.25) is 0 Å². The maximum atomic E-state index is 4.53. The van der Waals surface area contributed by atoms with Crippen molar-refractivity contribution >= 4 is 29.1 Å². The number of halogens is 1. The van der Waals surface area contributed by atoms with E-state index in [1.807, 2.05) is 20.3 Å². The molecule has 3 nitrogen and oxygen atoms in total. The van der Waals surface area contributed by atoms with Crippen molar-refractivity contribution in [3.8, 4) is 0 Å². The molecule has 2 aromatic rings. The first-order chi connectivity index (χ1) is 8.93. The third kappa shape index (κ3) is 2.83. The van der Waals surface area contributed by atoms with Crippen LogP contribution in [-0.2, 0) is 6.54 Å². The molecule has 0 spiro atoms. The molecule has 0 bridgehead atoms. The summed E-state index contributed by atoms with van der Waals surface area (Å²) in [7, 11) is 4.09. The summed E-state index contributed by atoms with van der Waals surface area (Å²) < 4.78 is 2.36. The predicted molar refractivity (Wildman–Crippen MR) is 90.2 cm³/mol. The Hall–Kier alpha value is -1.48. The molecule has 0 amide bonds. The minimum absolute atomic E-state index is 0. The average Bonchev–Trinajstić information content (AvgIpc) is 2.60. The second-order valence-corrected chi connectivity index (χ2v) is 5.53. The van der Waals surface area contributed by atoms with Gasteiger partial charge in [0.25, 0.3) is 0 Å². The first-order valence-electron chi connectivity index (χ1n) is 6.68. The summed E-state index contributed by atoms with van der Waals surface area (Å²) in [6.45, 7) is 9.56. The van der Waals surface area contributed by atoms with Crippen LogP contribution in [0, 0.1) is 13.8 Å². The van der Waals surface area contributed by atoms with Crippen LogP contribution >= 0.6 is 12.4 Å². The molecule has 0 aliphatic heterocycles. The van der Waals surface area contributed by atoms with E-state index >= 15 is 0 Å². The number of pyridine rings is 1. The summed E-state index contributed by atoms with van der Waals surface area (Å²) in [5.41, 5.74) is 5.25. The molecule has 2 rings (SSSR count). The van der Waals surface area contributed by atoms with Gasteiger partial charge in [-0.2, -0.15) is 0 Å². The van der Waals surface area contributed by atoms with Crippen molar-refractivity contribution < 1.29 is 0 Å². The molecule has 0 aromatic carbocycles. The molecule has 0 unspecified atom stereocenters. The summed E-state index contributed by atoms with van der Waals surface area (Å²) in [6.07, 6.45) is 4.16. The quantitative estimate of drug-likeness (QED) is 0.794. The summed E-state index contributed by atoms with van der Waals surface area (Å²) >= 11 is 0. The van der Waals surface area contributed by atoms with Crippen molar-refractivity contribution in [1.29, 1.82) is 0 Å². The highest BCUT2D eigenvalue weighted by Gasteiger charge is 2.15. The van der Waals surface area contributed by atoms with Crippen LogP contribution in [0.15, 0.2) is 23.9 Å². The number of hydrogen-bond donors (Lipinski definition) is 0. The number of fused-ring (bicyclic) bond motifs is 1. The molecule has 2 heterocycles. The fourth-order valence-corrected chi connectivity index (χ4v) is 2.41. The van der Waals surface area contributed by atoms with Crippen LogP contribution in [0.25, 0.3) is 10.9 Å². The highest BCUT2D eigenvalue weighted by atomic mass is 35.5. The van der Waals surface area contributed by atoms with Gasteiger partial charge in [-0.05, 0) is 39.3 Å². The number of hydrogen-bond acceptors (Lipinski definition) is 2. The van der Waals surface area contributed by atoms with E-state index in [-0.39, 0.29) is 12.4 Å². The first-order valence-corrected chi connectivity index (χ1v) is 6.68. The number of nitrogens with zero attached hydrogens (tertiary/aromatic N) is 3. The maximum absolute atomic E-state index is 4.53. The molecule has 20 heavy (non-hydrogen) atoms. The molecule has 0 aliphatic carbocycles. The zero-order valence-electron chi connectivity index (χ0n) is 13.2. The van der Waals surface area contributed by atoms with Gasteiger partial charge in [-0.1, -0.05) is 11.6 Å². The molecular formula is C16H24ClN3. The molecule has 0 saturated carbocycles. The second kappa shape index (κ2) is 6.31. The van der Waals surface area contributed by atoms with Gasteiger partial charge in [-0.3, -0.25) is 0 Å². The van der Waals surface area contributed by atoms with E-state index in [1.165, 1.54) is 27.7 Å². The molecule has 0 N–H and O–H groups in total. The Kier molecular flexibility index (Phi) is 5.23. The highest BCUT2D eigenvalue weighted by Crippen LogP contribution is 2.30. The van der Waals surface area contributed by atoms with Gasteiger partial charge in [-0.15, -0.1) is 12.4 Å². The van der Waals surface area contributed by atoms with Crippen molar-refractivity contribution in [2.75, 3.05) is 19.0 Å². The molecule has 110 valence electrons. The van der Waals surface area contributed by atoms with Gasteiger partial charge in [0.15, 0.2) is 5.82 Å². The van der Waals surface area contributed by atoms with Gasteiger partial charge in [0.05, 0.1) is 5.52 Å². The molecule has 2 aromatic heterocycles. The molecule has 0 fully saturated rings. The Morgan fingerprint density at radius 1 is 1.30 bits per heavy atom. The third-order valence-electron chi connectivity index (χ3n) is 3.63. The lowest BCUT2D eigenvalue weighted by Gasteiger charge is -2.15. The lowest BCUT2D eigenvalue weighted by Crippen LogP contribution is -2.12. The second-order valence-electron chi connectivity index (χ2n) is 5.53. The molecule has 4 heteroatoms. The first kappa shape index (κ1) is 16.6.